The van der Waals surface area contributed by atoms with E-state index < -0.39 is 0 Å². The summed E-state index contributed by atoms with van der Waals surface area (Å²) in [6.07, 6.45) is 1.13. The summed E-state index contributed by atoms with van der Waals surface area (Å²) in [5.74, 6) is 0.871. The number of nitrogens with one attached hydrogen (secondary N) is 1. The number of aliphatic imine (C=N–C) groups is 1. The van der Waals surface area contributed by atoms with Crippen LogP contribution in [0, 0.1) is 0 Å². The monoisotopic (exact) mass is 366 g/mol. The Balaban J connectivity index is 1.91. The number of thiazole rings is 1. The molecule has 2 heterocycles. The molecular weight excluding hydrogens is 340 g/mol. The maximum atomic E-state index is 5.32. The van der Waals surface area contributed by atoms with Gasteiger partial charge in [-0.1, -0.05) is 6.92 Å². The van der Waals surface area contributed by atoms with Gasteiger partial charge in [-0.25, -0.2) is 4.98 Å². The Morgan fingerprint density at radius 3 is 2.79 bits per heavy atom. The highest BCUT2D eigenvalue weighted by Gasteiger charge is 2.12. The molecule has 0 radical (unpaired) electrons. The van der Waals surface area contributed by atoms with E-state index >= 15 is 0 Å². The van der Waals surface area contributed by atoms with Crippen molar-refractivity contribution in [3.05, 3.63) is 38.0 Å². The van der Waals surface area contributed by atoms with Gasteiger partial charge in [-0.3, -0.25) is 4.99 Å². The number of rotatable bonds is 7. The minimum atomic E-state index is 0.0399. The quantitative estimate of drug-likeness (QED) is 0.600. The Hall–Kier alpha value is -1.44. The van der Waals surface area contributed by atoms with Crippen LogP contribution in [0.4, 0.5) is 0 Å². The highest BCUT2D eigenvalue weighted by molar-refractivity contribution is 7.12. The highest BCUT2D eigenvalue weighted by atomic mass is 32.1. The zero-order valence-corrected chi connectivity index (χ0v) is 16.6. The van der Waals surface area contributed by atoms with Crippen LogP contribution in [0.2, 0.25) is 0 Å². The molecule has 2 aromatic rings. The summed E-state index contributed by atoms with van der Waals surface area (Å²) in [6, 6.07) is 4.38. The molecule has 5 nitrogen and oxygen atoms in total. The van der Waals surface area contributed by atoms with E-state index in [1.807, 2.05) is 32.4 Å². The van der Waals surface area contributed by atoms with Crippen molar-refractivity contribution in [2.75, 3.05) is 21.2 Å². The Morgan fingerprint density at radius 2 is 2.17 bits per heavy atom. The lowest BCUT2D eigenvalue weighted by atomic mass is 10.3. The third kappa shape index (κ3) is 5.03. The van der Waals surface area contributed by atoms with E-state index in [1.54, 1.807) is 18.4 Å². The molecule has 0 bridgehead atoms. The van der Waals surface area contributed by atoms with E-state index in [0.717, 1.165) is 36.2 Å². The number of guanidine groups is 1. The first kappa shape index (κ1) is 18.9. The zero-order chi connectivity index (χ0) is 17.5. The van der Waals surface area contributed by atoms with Gasteiger partial charge in [-0.15, -0.1) is 22.7 Å². The van der Waals surface area contributed by atoms with E-state index in [1.165, 1.54) is 9.75 Å². The van der Waals surface area contributed by atoms with Gasteiger partial charge < -0.3 is 15.0 Å². The van der Waals surface area contributed by atoms with Gasteiger partial charge in [0.2, 0.25) is 0 Å². The van der Waals surface area contributed by atoms with Gasteiger partial charge in [0.25, 0.3) is 0 Å². The van der Waals surface area contributed by atoms with Crippen molar-refractivity contribution in [3.8, 4) is 0 Å². The molecular formula is C17H26N4OS2. The average molecular weight is 367 g/mol. The van der Waals surface area contributed by atoms with Crippen LogP contribution >= 0.6 is 22.7 Å². The van der Waals surface area contributed by atoms with Crippen molar-refractivity contribution < 1.29 is 4.74 Å². The molecule has 0 aromatic carbocycles. The Labute approximate surface area is 152 Å². The molecule has 0 fully saturated rings. The van der Waals surface area contributed by atoms with E-state index in [-0.39, 0.29) is 6.10 Å². The number of aromatic nitrogens is 1. The second-order valence-corrected chi connectivity index (χ2v) is 7.68. The Morgan fingerprint density at radius 1 is 1.42 bits per heavy atom. The maximum Gasteiger partial charge on any atom is 0.194 e. The maximum absolute atomic E-state index is 5.32. The summed E-state index contributed by atoms with van der Waals surface area (Å²) in [7, 11) is 5.54. The second kappa shape index (κ2) is 9.15. The molecule has 0 saturated carbocycles. The van der Waals surface area contributed by atoms with Crippen molar-refractivity contribution in [1.29, 1.82) is 0 Å². The Bertz CT molecular complexity index is 665. The molecule has 1 atom stereocenters. The SMILES string of the molecule is CCc1ccc(CNC(=NC)N(C)Cc2csc(C(C)OC)n2)s1. The first-order valence-electron chi connectivity index (χ1n) is 8.03. The van der Waals surface area contributed by atoms with Crippen molar-refractivity contribution in [3.63, 3.8) is 0 Å². The smallest absolute Gasteiger partial charge is 0.194 e. The normalized spacial score (nSPS) is 13.1. The lowest BCUT2D eigenvalue weighted by molar-refractivity contribution is 0.119. The zero-order valence-electron chi connectivity index (χ0n) is 15.0. The molecule has 1 unspecified atom stereocenters. The number of ether oxygens (including phenoxy) is 1. The molecule has 7 heteroatoms. The predicted octanol–water partition coefficient (Wildman–Crippen LogP) is 3.68. The third-order valence-corrected chi connectivity index (χ3v) is 6.01. The van der Waals surface area contributed by atoms with Crippen LogP contribution in [0.1, 0.15) is 40.4 Å². The van der Waals surface area contributed by atoms with Crippen molar-refractivity contribution in [1.82, 2.24) is 15.2 Å². The number of nitrogens with zero attached hydrogens (tertiary/aromatic N) is 3. The van der Waals surface area contributed by atoms with Crippen LogP contribution < -0.4 is 5.32 Å². The van der Waals surface area contributed by atoms with Crippen LogP contribution in [-0.2, 0) is 24.2 Å². The van der Waals surface area contributed by atoms with Gasteiger partial charge in [0.05, 0.1) is 18.8 Å². The molecule has 0 amide bonds. The van der Waals surface area contributed by atoms with Gasteiger partial charge in [0.1, 0.15) is 11.1 Å². The van der Waals surface area contributed by atoms with E-state index in [4.69, 9.17) is 4.74 Å². The number of aryl methyl sites for hydroxylation is 1. The number of hydrogen-bond acceptors (Lipinski definition) is 5. The van der Waals surface area contributed by atoms with Crippen LogP contribution in [0.5, 0.6) is 0 Å². The number of methoxy groups -OCH3 is 1. The molecule has 2 aromatic heterocycles. The van der Waals surface area contributed by atoms with Crippen LogP contribution in [-0.4, -0.2) is 37.0 Å². The molecule has 0 aliphatic heterocycles. The summed E-state index contributed by atoms with van der Waals surface area (Å²) in [5.41, 5.74) is 1.04. The van der Waals surface area contributed by atoms with Gasteiger partial charge in [0.15, 0.2) is 5.96 Å². The van der Waals surface area contributed by atoms with E-state index in [2.05, 4.69) is 44.6 Å². The molecule has 0 aliphatic carbocycles. The first-order chi connectivity index (χ1) is 11.6. The van der Waals surface area contributed by atoms with E-state index in [9.17, 15) is 0 Å². The topological polar surface area (TPSA) is 49.8 Å². The lowest BCUT2D eigenvalue weighted by Crippen LogP contribution is -2.37. The van der Waals surface area contributed by atoms with E-state index in [0.29, 0.717) is 0 Å². The minimum absolute atomic E-state index is 0.0399. The third-order valence-electron chi connectivity index (χ3n) is 3.73. The standard InChI is InChI=1S/C17H26N4OS2/c1-6-14-7-8-15(24-14)9-19-17(18-3)21(4)10-13-11-23-16(20-13)12(2)22-5/h7-8,11-12H,6,9-10H2,1-5H3,(H,18,19). The molecule has 0 spiro atoms. The second-order valence-electron chi connectivity index (χ2n) is 5.53. The summed E-state index contributed by atoms with van der Waals surface area (Å²) >= 11 is 3.49. The highest BCUT2D eigenvalue weighted by Crippen LogP contribution is 2.21. The Kier molecular flexibility index (Phi) is 7.20. The fourth-order valence-corrected chi connectivity index (χ4v) is 4.00. The van der Waals surface area contributed by atoms with Crippen LogP contribution in [0.15, 0.2) is 22.5 Å². The van der Waals surface area contributed by atoms with Crippen LogP contribution in [0.3, 0.4) is 0 Å². The minimum Gasteiger partial charge on any atom is -0.375 e. The van der Waals surface area contributed by atoms with Gasteiger partial charge >= 0.3 is 0 Å². The van der Waals surface area contributed by atoms with Crippen molar-refractivity contribution in [2.24, 2.45) is 4.99 Å². The largest absolute Gasteiger partial charge is 0.375 e. The number of thiophene rings is 1. The molecule has 0 saturated heterocycles. The fraction of sp³-hybridized carbons (Fsp3) is 0.529. The average Bonchev–Trinajstić information content (AvgIpc) is 3.24. The van der Waals surface area contributed by atoms with Crippen molar-refractivity contribution >= 4 is 28.6 Å². The molecule has 1 N–H and O–H groups in total. The fourth-order valence-electron chi connectivity index (χ4n) is 2.26. The summed E-state index contributed by atoms with van der Waals surface area (Å²) < 4.78 is 5.32. The van der Waals surface area contributed by atoms with Gasteiger partial charge in [0, 0.05) is 36.3 Å². The van der Waals surface area contributed by atoms with Crippen molar-refractivity contribution in [2.45, 2.75) is 39.5 Å². The molecule has 0 aliphatic rings. The lowest BCUT2D eigenvalue weighted by Gasteiger charge is -2.21. The van der Waals surface area contributed by atoms with Crippen LogP contribution in [0.25, 0.3) is 0 Å². The summed E-state index contributed by atoms with van der Waals surface area (Å²) in [4.78, 5) is 13.8. The number of hydrogen-bond donors (Lipinski definition) is 1. The molecule has 24 heavy (non-hydrogen) atoms. The summed E-state index contributed by atoms with van der Waals surface area (Å²) in [6.45, 7) is 5.71. The molecule has 132 valence electrons. The van der Waals surface area contributed by atoms with Gasteiger partial charge in [-0.2, -0.15) is 0 Å². The van der Waals surface area contributed by atoms with Gasteiger partial charge in [-0.05, 0) is 25.5 Å². The predicted molar refractivity (Wildman–Crippen MR) is 103 cm³/mol. The first-order valence-corrected chi connectivity index (χ1v) is 9.73. The summed E-state index contributed by atoms with van der Waals surface area (Å²) in [5, 5.41) is 6.51. The molecule has 2 rings (SSSR count).